The number of rotatable bonds is 5. The molecule has 0 aliphatic carbocycles. The summed E-state index contributed by atoms with van der Waals surface area (Å²) in [5.41, 5.74) is 3.46. The third kappa shape index (κ3) is 3.91. The van der Waals surface area contributed by atoms with E-state index in [4.69, 9.17) is 4.74 Å². The average molecular weight is 364 g/mol. The molecule has 1 atom stereocenters. The highest BCUT2D eigenvalue weighted by atomic mass is 19.1. The first-order valence-corrected chi connectivity index (χ1v) is 9.61. The van der Waals surface area contributed by atoms with Crippen LogP contribution in [0.2, 0.25) is 0 Å². The molecule has 1 aliphatic heterocycles. The van der Waals surface area contributed by atoms with Gasteiger partial charge in [0, 0.05) is 31.5 Å². The maximum Gasteiger partial charge on any atom is 0.123 e. The number of ether oxygens (including phenoxy) is 1. The molecule has 3 nitrogen and oxygen atoms in total. The summed E-state index contributed by atoms with van der Waals surface area (Å²) in [7, 11) is 0. The molecule has 0 fully saturated rings. The Morgan fingerprint density at radius 3 is 2.67 bits per heavy atom. The molecule has 3 aromatic rings. The molecule has 0 spiro atoms. The molecular weight excluding hydrogens is 339 g/mol. The number of hydrogen-bond donors (Lipinski definition) is 0. The molecule has 0 amide bonds. The number of aromatic nitrogens is 1. The highest BCUT2D eigenvalue weighted by Crippen LogP contribution is 2.33. The van der Waals surface area contributed by atoms with Crippen molar-refractivity contribution in [3.8, 4) is 5.75 Å². The normalized spacial score (nSPS) is 17.3. The lowest BCUT2D eigenvalue weighted by Crippen LogP contribution is -2.29. The number of aryl methyl sites for hydroxylation is 1. The summed E-state index contributed by atoms with van der Waals surface area (Å²) in [6, 6.07) is 19.6. The van der Waals surface area contributed by atoms with Crippen LogP contribution in [0.4, 0.5) is 4.39 Å². The van der Waals surface area contributed by atoms with Crippen molar-refractivity contribution in [1.29, 1.82) is 0 Å². The Morgan fingerprint density at radius 2 is 1.89 bits per heavy atom. The fourth-order valence-electron chi connectivity index (χ4n) is 3.96. The maximum atomic E-state index is 14.0. The van der Waals surface area contributed by atoms with Gasteiger partial charge in [-0.3, -0.25) is 4.90 Å². The van der Waals surface area contributed by atoms with Gasteiger partial charge in [-0.05, 0) is 60.9 Å². The molecule has 2 heterocycles. The lowest BCUT2D eigenvalue weighted by molar-refractivity contribution is 0.220. The molecule has 0 saturated heterocycles. The fraction of sp³-hybridized carbons (Fsp3) is 0.304. The minimum Gasteiger partial charge on any atom is -0.494 e. The molecule has 0 radical (unpaired) electrons. The van der Waals surface area contributed by atoms with Crippen molar-refractivity contribution in [3.63, 3.8) is 0 Å². The number of benzene rings is 2. The number of halogens is 1. The van der Waals surface area contributed by atoms with Crippen molar-refractivity contribution < 1.29 is 9.13 Å². The average Bonchev–Trinajstić information content (AvgIpc) is 3.05. The van der Waals surface area contributed by atoms with Crippen molar-refractivity contribution in [3.05, 3.63) is 89.5 Å². The second kappa shape index (κ2) is 7.97. The van der Waals surface area contributed by atoms with Crippen molar-refractivity contribution >= 4 is 0 Å². The third-order valence-corrected chi connectivity index (χ3v) is 5.14. The van der Waals surface area contributed by atoms with Gasteiger partial charge in [0.15, 0.2) is 0 Å². The second-order valence-corrected chi connectivity index (χ2v) is 6.98. The Hall–Kier alpha value is -2.59. The summed E-state index contributed by atoms with van der Waals surface area (Å²) in [4.78, 5) is 2.45. The largest absolute Gasteiger partial charge is 0.494 e. The fourth-order valence-corrected chi connectivity index (χ4v) is 3.96. The van der Waals surface area contributed by atoms with Crippen molar-refractivity contribution in [2.45, 2.75) is 32.5 Å². The van der Waals surface area contributed by atoms with E-state index in [9.17, 15) is 4.39 Å². The van der Waals surface area contributed by atoms with Gasteiger partial charge >= 0.3 is 0 Å². The van der Waals surface area contributed by atoms with Crippen LogP contribution in [-0.4, -0.2) is 22.6 Å². The monoisotopic (exact) mass is 364 g/mol. The minimum absolute atomic E-state index is 0.0461. The van der Waals surface area contributed by atoms with Crippen LogP contribution in [0.1, 0.15) is 36.2 Å². The van der Waals surface area contributed by atoms with Gasteiger partial charge in [0.2, 0.25) is 0 Å². The molecule has 1 aromatic heterocycles. The van der Waals surface area contributed by atoms with Gasteiger partial charge in [0.25, 0.3) is 0 Å². The van der Waals surface area contributed by atoms with E-state index in [-0.39, 0.29) is 11.9 Å². The van der Waals surface area contributed by atoms with Gasteiger partial charge in [-0.1, -0.05) is 24.3 Å². The zero-order valence-corrected chi connectivity index (χ0v) is 15.6. The van der Waals surface area contributed by atoms with Crippen LogP contribution >= 0.6 is 0 Å². The molecule has 27 heavy (non-hydrogen) atoms. The second-order valence-electron chi connectivity index (χ2n) is 6.98. The standard InChI is InChI=1S/C23H25FN2O/c1-2-27-21-11-9-18(10-12-21)17-26-15-5-14-25-13-4-8-22(25)23(26)19-6-3-7-20(24)16-19/h3-4,6-13,16,23H,2,5,14-15,17H2,1H3/t23-/m0/s1. The van der Waals surface area contributed by atoms with Crippen molar-refractivity contribution in [2.24, 2.45) is 0 Å². The smallest absolute Gasteiger partial charge is 0.123 e. The van der Waals surface area contributed by atoms with Gasteiger partial charge in [0.1, 0.15) is 11.6 Å². The van der Waals surface area contributed by atoms with Gasteiger partial charge in [0.05, 0.1) is 12.6 Å². The highest BCUT2D eigenvalue weighted by molar-refractivity contribution is 5.32. The van der Waals surface area contributed by atoms with Crippen LogP contribution in [0.15, 0.2) is 66.9 Å². The van der Waals surface area contributed by atoms with E-state index in [1.165, 1.54) is 17.3 Å². The Bertz CT molecular complexity index is 887. The summed E-state index contributed by atoms with van der Waals surface area (Å²) < 4.78 is 21.8. The summed E-state index contributed by atoms with van der Waals surface area (Å²) in [6.07, 6.45) is 3.20. The van der Waals surface area contributed by atoms with E-state index in [1.807, 2.05) is 25.1 Å². The first-order valence-electron chi connectivity index (χ1n) is 9.61. The molecule has 0 saturated carbocycles. The summed E-state index contributed by atoms with van der Waals surface area (Å²) in [5.74, 6) is 0.712. The molecule has 4 rings (SSSR count). The zero-order valence-electron chi connectivity index (χ0n) is 15.6. The van der Waals surface area contributed by atoms with Crippen LogP contribution in [0.25, 0.3) is 0 Å². The molecule has 0 bridgehead atoms. The highest BCUT2D eigenvalue weighted by Gasteiger charge is 2.27. The van der Waals surface area contributed by atoms with Crippen molar-refractivity contribution in [1.82, 2.24) is 9.47 Å². The van der Waals surface area contributed by atoms with Crippen LogP contribution in [0, 0.1) is 5.82 Å². The Labute approximate surface area is 160 Å². The van der Waals surface area contributed by atoms with E-state index < -0.39 is 0 Å². The van der Waals surface area contributed by atoms with Crippen LogP contribution < -0.4 is 4.74 Å². The van der Waals surface area contributed by atoms with Crippen LogP contribution in [-0.2, 0) is 13.1 Å². The molecule has 140 valence electrons. The predicted molar refractivity (Wildman–Crippen MR) is 105 cm³/mol. The Balaban J connectivity index is 1.66. The predicted octanol–water partition coefficient (Wildman–Crippen LogP) is 5.02. The molecule has 2 aromatic carbocycles. The summed E-state index contributed by atoms with van der Waals surface area (Å²) in [6.45, 7) is 5.44. The zero-order chi connectivity index (χ0) is 18.6. The number of fused-ring (bicyclic) bond motifs is 1. The van der Waals surface area contributed by atoms with Gasteiger partial charge in [-0.2, -0.15) is 0 Å². The Kier molecular flexibility index (Phi) is 5.26. The van der Waals surface area contributed by atoms with E-state index >= 15 is 0 Å². The molecule has 4 heteroatoms. The maximum absolute atomic E-state index is 14.0. The van der Waals surface area contributed by atoms with E-state index in [0.29, 0.717) is 6.61 Å². The molecular formula is C23H25FN2O. The van der Waals surface area contributed by atoms with Crippen molar-refractivity contribution in [2.75, 3.05) is 13.2 Å². The van der Waals surface area contributed by atoms with Crippen LogP contribution in [0.5, 0.6) is 5.75 Å². The van der Waals surface area contributed by atoms with Gasteiger partial charge in [-0.25, -0.2) is 4.39 Å². The Morgan fingerprint density at radius 1 is 1.04 bits per heavy atom. The molecule has 0 unspecified atom stereocenters. The first-order chi connectivity index (χ1) is 13.2. The number of nitrogens with zero attached hydrogens (tertiary/aromatic N) is 2. The third-order valence-electron chi connectivity index (χ3n) is 5.14. The lowest BCUT2D eigenvalue weighted by Gasteiger charge is -2.30. The van der Waals surface area contributed by atoms with E-state index in [2.05, 4.69) is 39.9 Å². The summed E-state index contributed by atoms with van der Waals surface area (Å²) >= 11 is 0. The van der Waals surface area contributed by atoms with Gasteiger partial charge in [-0.15, -0.1) is 0 Å². The first kappa shape index (κ1) is 17.8. The van der Waals surface area contributed by atoms with E-state index in [0.717, 1.165) is 37.4 Å². The lowest BCUT2D eigenvalue weighted by atomic mass is 10.0. The van der Waals surface area contributed by atoms with E-state index in [1.54, 1.807) is 12.1 Å². The SMILES string of the molecule is CCOc1ccc(CN2CCCn3cccc3[C@@H]2c2cccc(F)c2)cc1. The molecule has 0 N–H and O–H groups in total. The van der Waals surface area contributed by atoms with Gasteiger partial charge < -0.3 is 9.30 Å². The molecule has 1 aliphatic rings. The number of hydrogen-bond acceptors (Lipinski definition) is 2. The topological polar surface area (TPSA) is 17.4 Å². The minimum atomic E-state index is -0.184. The van der Waals surface area contributed by atoms with Crippen LogP contribution in [0.3, 0.4) is 0 Å². The summed E-state index contributed by atoms with van der Waals surface area (Å²) in [5, 5.41) is 0. The quantitative estimate of drug-likeness (QED) is 0.632.